The predicted octanol–water partition coefficient (Wildman–Crippen LogP) is 2.70. The summed E-state index contributed by atoms with van der Waals surface area (Å²) < 4.78 is 27.3. The molecule has 0 spiro atoms. The maximum Gasteiger partial charge on any atom is 0.157 e. The normalized spacial score (nSPS) is 18.8. The first-order valence-corrected chi connectivity index (χ1v) is 8.43. The molecule has 2 heterocycles. The van der Waals surface area contributed by atoms with E-state index in [1.807, 2.05) is 16.8 Å². The van der Waals surface area contributed by atoms with Gasteiger partial charge in [-0.1, -0.05) is 0 Å². The Labute approximate surface area is 130 Å². The maximum absolute atomic E-state index is 5.56. The van der Waals surface area contributed by atoms with Crippen LogP contribution in [0.1, 0.15) is 19.3 Å². The van der Waals surface area contributed by atoms with Gasteiger partial charge in [-0.2, -0.15) is 0 Å². The highest BCUT2D eigenvalue weighted by Gasteiger charge is 2.13. The first-order valence-electron chi connectivity index (χ1n) is 7.49. The summed E-state index contributed by atoms with van der Waals surface area (Å²) in [5.74, 6) is 0.905. The molecule has 1 atom stereocenters. The van der Waals surface area contributed by atoms with Crippen molar-refractivity contribution in [2.45, 2.75) is 25.6 Å². The lowest BCUT2D eigenvalue weighted by Gasteiger charge is -2.22. The average molecular weight is 316 g/mol. The third-order valence-corrected chi connectivity index (χ3v) is 3.69. The number of rotatable bonds is 11. The third-order valence-electron chi connectivity index (χ3n) is 3.03. The molecule has 0 aliphatic carbocycles. The molecule has 1 saturated heterocycles. The second kappa shape index (κ2) is 11.0. The summed E-state index contributed by atoms with van der Waals surface area (Å²) in [6.07, 6.45) is 3.29. The number of ether oxygens (including phenoxy) is 5. The van der Waals surface area contributed by atoms with Crippen molar-refractivity contribution in [2.24, 2.45) is 0 Å². The largest absolute Gasteiger partial charge is 0.490 e. The quantitative estimate of drug-likeness (QED) is 0.587. The smallest absolute Gasteiger partial charge is 0.157 e. The van der Waals surface area contributed by atoms with Gasteiger partial charge in [-0.05, 0) is 30.7 Å². The average Bonchev–Trinajstić information content (AvgIpc) is 3.03. The minimum atomic E-state index is -0.0344. The Balaban J connectivity index is 1.30. The van der Waals surface area contributed by atoms with Crippen LogP contribution >= 0.6 is 11.3 Å². The predicted molar refractivity (Wildman–Crippen MR) is 81.0 cm³/mol. The van der Waals surface area contributed by atoms with Gasteiger partial charge in [-0.3, -0.25) is 0 Å². The lowest BCUT2D eigenvalue weighted by atomic mass is 10.2. The van der Waals surface area contributed by atoms with E-state index in [2.05, 4.69) is 0 Å². The minimum Gasteiger partial charge on any atom is -0.490 e. The van der Waals surface area contributed by atoms with Gasteiger partial charge in [0.05, 0.1) is 33.0 Å². The van der Waals surface area contributed by atoms with Crippen molar-refractivity contribution in [3.8, 4) is 5.75 Å². The van der Waals surface area contributed by atoms with Crippen LogP contribution in [0.25, 0.3) is 0 Å². The summed E-state index contributed by atoms with van der Waals surface area (Å²) in [5.41, 5.74) is 0. The van der Waals surface area contributed by atoms with E-state index in [0.717, 1.165) is 25.2 Å². The molecule has 2 rings (SSSR count). The lowest BCUT2D eigenvalue weighted by Crippen LogP contribution is -2.24. The molecule has 0 saturated carbocycles. The number of hydrogen-bond acceptors (Lipinski definition) is 6. The molecule has 1 unspecified atom stereocenters. The van der Waals surface area contributed by atoms with Crippen LogP contribution in [0.2, 0.25) is 0 Å². The number of thiophene rings is 1. The van der Waals surface area contributed by atoms with Crippen molar-refractivity contribution in [3.63, 3.8) is 0 Å². The van der Waals surface area contributed by atoms with Gasteiger partial charge in [0.1, 0.15) is 12.4 Å². The second-order valence-electron chi connectivity index (χ2n) is 4.70. The fraction of sp³-hybridized carbons (Fsp3) is 0.733. The lowest BCUT2D eigenvalue weighted by molar-refractivity contribution is -0.169. The Bertz CT molecular complexity index is 338. The van der Waals surface area contributed by atoms with E-state index in [1.165, 1.54) is 6.42 Å². The van der Waals surface area contributed by atoms with Crippen LogP contribution in [0, 0.1) is 0 Å². The molecule has 1 aliphatic heterocycles. The highest BCUT2D eigenvalue weighted by molar-refractivity contribution is 7.08. The molecule has 0 radical (unpaired) electrons. The molecule has 120 valence electrons. The van der Waals surface area contributed by atoms with Crippen molar-refractivity contribution in [1.82, 2.24) is 0 Å². The van der Waals surface area contributed by atoms with E-state index in [9.17, 15) is 0 Å². The van der Waals surface area contributed by atoms with Crippen LogP contribution in [0.5, 0.6) is 5.75 Å². The summed E-state index contributed by atoms with van der Waals surface area (Å²) in [5, 5.41) is 3.96. The van der Waals surface area contributed by atoms with Crippen LogP contribution in [0.3, 0.4) is 0 Å². The van der Waals surface area contributed by atoms with E-state index in [4.69, 9.17) is 23.7 Å². The Morgan fingerprint density at radius 1 is 1.05 bits per heavy atom. The van der Waals surface area contributed by atoms with E-state index >= 15 is 0 Å². The molecule has 1 aromatic heterocycles. The van der Waals surface area contributed by atoms with Gasteiger partial charge in [0.15, 0.2) is 6.29 Å². The van der Waals surface area contributed by atoms with Gasteiger partial charge in [0, 0.05) is 12.0 Å². The summed E-state index contributed by atoms with van der Waals surface area (Å²) in [7, 11) is 0. The van der Waals surface area contributed by atoms with Crippen molar-refractivity contribution in [2.75, 3.05) is 46.2 Å². The first-order chi connectivity index (χ1) is 10.4. The van der Waals surface area contributed by atoms with E-state index < -0.39 is 0 Å². The molecule has 5 nitrogen and oxygen atoms in total. The van der Waals surface area contributed by atoms with Crippen molar-refractivity contribution in [3.05, 3.63) is 16.8 Å². The number of hydrogen-bond donors (Lipinski definition) is 0. The van der Waals surface area contributed by atoms with Gasteiger partial charge in [-0.15, -0.1) is 11.3 Å². The monoisotopic (exact) mass is 316 g/mol. The standard InChI is InChI=1S/C15H24O5S/c1-2-5-19-15(3-1)20-11-9-17-7-6-16-8-10-18-14-4-12-21-13-14/h4,12-13,15H,1-3,5-11H2. The summed E-state index contributed by atoms with van der Waals surface area (Å²) >= 11 is 1.62. The molecule has 0 aromatic carbocycles. The molecule has 1 aliphatic rings. The summed E-state index contributed by atoms with van der Waals surface area (Å²) in [6, 6.07) is 1.95. The van der Waals surface area contributed by atoms with Gasteiger partial charge in [0.2, 0.25) is 0 Å². The fourth-order valence-electron chi connectivity index (χ4n) is 1.96. The van der Waals surface area contributed by atoms with Gasteiger partial charge < -0.3 is 23.7 Å². The molecule has 1 aromatic rings. The highest BCUT2D eigenvalue weighted by Crippen LogP contribution is 2.14. The van der Waals surface area contributed by atoms with Crippen LogP contribution < -0.4 is 4.74 Å². The SMILES string of the molecule is c1cc(OCCOCCOCCOC2CCCCO2)cs1. The first kappa shape index (κ1) is 16.7. The summed E-state index contributed by atoms with van der Waals surface area (Å²) in [4.78, 5) is 0. The zero-order valence-corrected chi connectivity index (χ0v) is 13.1. The van der Waals surface area contributed by atoms with Crippen LogP contribution in [0.4, 0.5) is 0 Å². The molecule has 0 amide bonds. The van der Waals surface area contributed by atoms with Crippen molar-refractivity contribution >= 4 is 11.3 Å². The molecule has 6 heteroatoms. The molecular weight excluding hydrogens is 292 g/mol. The maximum atomic E-state index is 5.56. The van der Waals surface area contributed by atoms with Gasteiger partial charge in [-0.25, -0.2) is 0 Å². The topological polar surface area (TPSA) is 46.2 Å². The van der Waals surface area contributed by atoms with Crippen LogP contribution in [0.15, 0.2) is 16.8 Å². The van der Waals surface area contributed by atoms with Crippen LogP contribution in [-0.4, -0.2) is 52.5 Å². The molecular formula is C15H24O5S. The third kappa shape index (κ3) is 7.78. The van der Waals surface area contributed by atoms with Crippen molar-refractivity contribution in [1.29, 1.82) is 0 Å². The highest BCUT2D eigenvalue weighted by atomic mass is 32.1. The zero-order chi connectivity index (χ0) is 14.6. The van der Waals surface area contributed by atoms with Crippen LogP contribution in [-0.2, 0) is 18.9 Å². The van der Waals surface area contributed by atoms with Crippen molar-refractivity contribution < 1.29 is 23.7 Å². The van der Waals surface area contributed by atoms with E-state index in [-0.39, 0.29) is 6.29 Å². The Kier molecular flexibility index (Phi) is 8.74. The Hall–Kier alpha value is -0.660. The molecule has 1 fully saturated rings. The molecule has 0 N–H and O–H groups in total. The van der Waals surface area contributed by atoms with Gasteiger partial charge in [0.25, 0.3) is 0 Å². The minimum absolute atomic E-state index is 0.0344. The Morgan fingerprint density at radius 3 is 2.57 bits per heavy atom. The second-order valence-corrected chi connectivity index (χ2v) is 5.48. The fourth-order valence-corrected chi connectivity index (χ4v) is 2.53. The molecule has 21 heavy (non-hydrogen) atoms. The zero-order valence-electron chi connectivity index (χ0n) is 12.3. The molecule has 0 bridgehead atoms. The van der Waals surface area contributed by atoms with Gasteiger partial charge >= 0.3 is 0 Å². The summed E-state index contributed by atoms with van der Waals surface area (Å²) in [6.45, 7) is 4.26. The Morgan fingerprint density at radius 2 is 1.86 bits per heavy atom. The van der Waals surface area contributed by atoms with E-state index in [1.54, 1.807) is 11.3 Å². The van der Waals surface area contributed by atoms with E-state index in [0.29, 0.717) is 39.6 Å².